The number of aromatic nitrogens is 5. The van der Waals surface area contributed by atoms with E-state index in [0.717, 1.165) is 38.0 Å². The molecule has 2 fully saturated rings. The summed E-state index contributed by atoms with van der Waals surface area (Å²) in [5, 5.41) is 8.52. The Hall–Kier alpha value is -4.64. The number of nitrogens with zero attached hydrogens (tertiary/aromatic N) is 7. The van der Waals surface area contributed by atoms with Gasteiger partial charge in [-0.25, -0.2) is 19.6 Å². The number of nitrogen functional groups attached to an aromatic ring is 1. The molecule has 3 aromatic heterocycles. The fourth-order valence-corrected chi connectivity index (χ4v) is 5.97. The Morgan fingerprint density at radius 2 is 1.80 bits per heavy atom. The summed E-state index contributed by atoms with van der Waals surface area (Å²) in [6.45, 7) is 2.27. The van der Waals surface area contributed by atoms with Crippen LogP contribution in [0.15, 0.2) is 67.1 Å². The van der Waals surface area contributed by atoms with E-state index in [9.17, 15) is 9.59 Å². The first kappa shape index (κ1) is 26.6. The molecule has 4 aromatic rings. The number of rotatable bonds is 7. The van der Waals surface area contributed by atoms with Gasteiger partial charge in [-0.1, -0.05) is 24.3 Å². The first-order valence-electron chi connectivity index (χ1n) is 13.8. The predicted molar refractivity (Wildman–Crippen MR) is 157 cm³/mol. The van der Waals surface area contributed by atoms with Gasteiger partial charge in [0.2, 0.25) is 5.91 Å². The van der Waals surface area contributed by atoms with E-state index in [0.29, 0.717) is 45.8 Å². The monoisotopic (exact) mass is 551 g/mol. The standard InChI is InChI=1S/C30H33N9O2/c1-37(2)13-5-7-25(40)38-16-21-14-23(15-22(21)17-38)39-29-26(28(31)33-18-34-29)27(36-39)19-8-10-20(11-9-19)30(41)35-24-6-3-4-12-32-24/h3-12,18,21-23H,13-17H2,1-2H3,(H2,31,33,34)(H,32,35,41)/b7-5+. The van der Waals surface area contributed by atoms with E-state index < -0.39 is 0 Å². The zero-order valence-corrected chi connectivity index (χ0v) is 23.1. The molecular weight excluding hydrogens is 518 g/mol. The summed E-state index contributed by atoms with van der Waals surface area (Å²) in [5.41, 5.74) is 9.07. The number of likely N-dealkylation sites (tertiary alicyclic amines) is 1. The minimum absolute atomic E-state index is 0.0855. The molecule has 4 heterocycles. The number of benzene rings is 1. The largest absolute Gasteiger partial charge is 0.383 e. The number of nitrogens with two attached hydrogens (primary N) is 1. The van der Waals surface area contributed by atoms with Crippen molar-refractivity contribution in [1.29, 1.82) is 0 Å². The van der Waals surface area contributed by atoms with Crippen molar-refractivity contribution in [3.63, 3.8) is 0 Å². The van der Waals surface area contributed by atoms with Crippen LogP contribution in [-0.2, 0) is 4.79 Å². The van der Waals surface area contributed by atoms with Gasteiger partial charge < -0.3 is 20.9 Å². The van der Waals surface area contributed by atoms with Gasteiger partial charge >= 0.3 is 0 Å². The van der Waals surface area contributed by atoms with Crippen molar-refractivity contribution in [3.05, 3.63) is 72.7 Å². The number of fused-ring (bicyclic) bond motifs is 2. The first-order valence-corrected chi connectivity index (χ1v) is 13.8. The molecule has 1 saturated carbocycles. The van der Waals surface area contributed by atoms with Crippen molar-refractivity contribution in [2.75, 3.05) is 44.8 Å². The van der Waals surface area contributed by atoms with Crippen LogP contribution in [0, 0.1) is 11.8 Å². The Balaban J connectivity index is 1.20. The molecule has 0 spiro atoms. The van der Waals surface area contributed by atoms with E-state index in [1.165, 1.54) is 6.33 Å². The van der Waals surface area contributed by atoms with E-state index in [4.69, 9.17) is 10.8 Å². The fraction of sp³-hybridized carbons (Fsp3) is 0.333. The molecule has 2 unspecified atom stereocenters. The topological polar surface area (TPSA) is 135 Å². The lowest BCUT2D eigenvalue weighted by atomic mass is 10.0. The maximum Gasteiger partial charge on any atom is 0.256 e. The molecule has 2 aliphatic rings. The van der Waals surface area contributed by atoms with Gasteiger partial charge in [0.05, 0.1) is 11.4 Å². The lowest BCUT2D eigenvalue weighted by Crippen LogP contribution is -2.28. The summed E-state index contributed by atoms with van der Waals surface area (Å²) in [6, 6.07) is 12.8. The normalized spacial score (nSPS) is 20.3. The summed E-state index contributed by atoms with van der Waals surface area (Å²) >= 11 is 0. The second-order valence-electron chi connectivity index (χ2n) is 11.1. The fourth-order valence-electron chi connectivity index (χ4n) is 5.97. The molecule has 3 N–H and O–H groups in total. The minimum Gasteiger partial charge on any atom is -0.383 e. The van der Waals surface area contributed by atoms with Gasteiger partial charge in [0.15, 0.2) is 5.65 Å². The van der Waals surface area contributed by atoms with Crippen LogP contribution in [-0.4, -0.2) is 80.1 Å². The van der Waals surface area contributed by atoms with Gasteiger partial charge in [0.1, 0.15) is 23.7 Å². The van der Waals surface area contributed by atoms with Gasteiger partial charge in [0.25, 0.3) is 5.91 Å². The Morgan fingerprint density at radius 3 is 2.49 bits per heavy atom. The SMILES string of the molecule is CN(C)C/C=C/C(=O)N1CC2CC(n3nc(-c4ccc(C(=O)Nc5ccccn5)cc4)c4c(N)ncnc43)CC2C1. The molecule has 1 aromatic carbocycles. The molecule has 0 bridgehead atoms. The number of anilines is 2. The summed E-state index contributed by atoms with van der Waals surface area (Å²) in [6.07, 6.45) is 8.55. The van der Waals surface area contributed by atoms with Crippen molar-refractivity contribution >= 4 is 34.5 Å². The van der Waals surface area contributed by atoms with E-state index >= 15 is 0 Å². The second-order valence-corrected chi connectivity index (χ2v) is 11.1. The van der Waals surface area contributed by atoms with Crippen LogP contribution in [0.25, 0.3) is 22.3 Å². The lowest BCUT2D eigenvalue weighted by molar-refractivity contribution is -0.125. The second kappa shape index (κ2) is 11.1. The minimum atomic E-state index is -0.244. The number of carbonyl (C=O) groups is 2. The van der Waals surface area contributed by atoms with Gasteiger partial charge in [-0.05, 0) is 63.0 Å². The third-order valence-electron chi connectivity index (χ3n) is 7.96. The zero-order chi connectivity index (χ0) is 28.5. The zero-order valence-electron chi connectivity index (χ0n) is 23.1. The molecule has 11 heteroatoms. The van der Waals surface area contributed by atoms with Crippen LogP contribution >= 0.6 is 0 Å². The average molecular weight is 552 g/mol. The predicted octanol–water partition coefficient (Wildman–Crippen LogP) is 3.25. The highest BCUT2D eigenvalue weighted by Gasteiger charge is 2.43. The van der Waals surface area contributed by atoms with Crippen molar-refractivity contribution in [2.45, 2.75) is 18.9 Å². The number of carbonyl (C=O) groups excluding carboxylic acids is 2. The maximum atomic E-state index is 12.7. The van der Waals surface area contributed by atoms with Gasteiger partial charge in [0, 0.05) is 43.0 Å². The summed E-state index contributed by atoms with van der Waals surface area (Å²) in [4.78, 5) is 42.3. The molecule has 1 aliphatic carbocycles. The number of amides is 2. The molecule has 41 heavy (non-hydrogen) atoms. The van der Waals surface area contributed by atoms with Crippen molar-refractivity contribution in [3.8, 4) is 11.3 Å². The molecule has 210 valence electrons. The first-order chi connectivity index (χ1) is 19.9. The highest BCUT2D eigenvalue weighted by Crippen LogP contribution is 2.45. The van der Waals surface area contributed by atoms with Crippen LogP contribution in [0.4, 0.5) is 11.6 Å². The number of hydrogen-bond donors (Lipinski definition) is 2. The number of likely N-dealkylation sites (N-methyl/N-ethyl adjacent to an activating group) is 1. The van der Waals surface area contributed by atoms with Crippen LogP contribution in [0.2, 0.25) is 0 Å². The summed E-state index contributed by atoms with van der Waals surface area (Å²) in [5.74, 6) is 1.54. The molecule has 2 amide bonds. The molecule has 6 rings (SSSR count). The van der Waals surface area contributed by atoms with E-state index in [2.05, 4.69) is 20.3 Å². The Bertz CT molecular complexity index is 1580. The highest BCUT2D eigenvalue weighted by atomic mass is 16.2. The third kappa shape index (κ3) is 5.40. The number of nitrogens with one attached hydrogen (secondary N) is 1. The number of pyridine rings is 1. The highest BCUT2D eigenvalue weighted by molar-refractivity contribution is 6.04. The van der Waals surface area contributed by atoms with Gasteiger partial charge in [-0.2, -0.15) is 5.10 Å². The Labute approximate surface area is 238 Å². The van der Waals surface area contributed by atoms with Crippen molar-refractivity contribution in [1.82, 2.24) is 34.5 Å². The maximum absolute atomic E-state index is 12.7. The molecular formula is C30H33N9O2. The van der Waals surface area contributed by atoms with Gasteiger partial charge in [-0.3, -0.25) is 9.59 Å². The van der Waals surface area contributed by atoms with Crippen LogP contribution < -0.4 is 11.1 Å². The smallest absolute Gasteiger partial charge is 0.256 e. The van der Waals surface area contributed by atoms with E-state index in [-0.39, 0.29) is 17.9 Å². The number of hydrogen-bond acceptors (Lipinski definition) is 8. The van der Waals surface area contributed by atoms with Crippen LogP contribution in [0.3, 0.4) is 0 Å². The molecule has 2 atom stereocenters. The summed E-state index contributed by atoms with van der Waals surface area (Å²) < 4.78 is 1.99. The van der Waals surface area contributed by atoms with Gasteiger partial charge in [-0.15, -0.1) is 0 Å². The Kier molecular flexibility index (Phi) is 7.19. The van der Waals surface area contributed by atoms with E-state index in [1.54, 1.807) is 36.5 Å². The quantitative estimate of drug-likeness (QED) is 0.334. The molecule has 0 radical (unpaired) electrons. The van der Waals surface area contributed by atoms with Crippen molar-refractivity contribution < 1.29 is 9.59 Å². The lowest BCUT2D eigenvalue weighted by Gasteiger charge is -2.18. The third-order valence-corrected chi connectivity index (χ3v) is 7.96. The molecule has 11 nitrogen and oxygen atoms in total. The van der Waals surface area contributed by atoms with Crippen LogP contribution in [0.1, 0.15) is 29.2 Å². The van der Waals surface area contributed by atoms with E-state index in [1.807, 2.05) is 52.9 Å². The summed E-state index contributed by atoms with van der Waals surface area (Å²) in [7, 11) is 3.97. The average Bonchev–Trinajstić information content (AvgIpc) is 3.66. The van der Waals surface area contributed by atoms with Crippen molar-refractivity contribution in [2.24, 2.45) is 11.8 Å². The van der Waals surface area contributed by atoms with Crippen LogP contribution in [0.5, 0.6) is 0 Å². The molecule has 1 saturated heterocycles. The Morgan fingerprint density at radius 1 is 1.05 bits per heavy atom. The molecule has 1 aliphatic heterocycles.